The summed E-state index contributed by atoms with van der Waals surface area (Å²) < 4.78 is 217. The second-order valence-electron chi connectivity index (χ2n) is 42.0. The van der Waals surface area contributed by atoms with E-state index in [2.05, 4.69) is 259 Å². The Labute approximate surface area is 761 Å². The Morgan fingerprint density at radius 2 is 0.552 bits per heavy atom. The van der Waals surface area contributed by atoms with Crippen molar-refractivity contribution < 1.29 is 37.0 Å². The lowest BCUT2D eigenvalue weighted by atomic mass is 9.71. The molecule has 0 N–H and O–H groups in total. The van der Waals surface area contributed by atoms with E-state index in [1.807, 2.05) is 132 Å². The molecule has 8 aromatic carbocycles. The van der Waals surface area contributed by atoms with Gasteiger partial charge in [0.25, 0.3) is 0 Å². The smallest absolute Gasteiger partial charge is 0.0352 e. The molecule has 0 saturated carbocycles. The Hall–Kier alpha value is -6.24. The van der Waals surface area contributed by atoms with E-state index in [1.165, 1.54) is 62.7 Å². The summed E-state index contributed by atoms with van der Waals surface area (Å²) in [5, 5.41) is 0. The molecule has 0 bridgehead atoms. The zero-order valence-electron chi connectivity index (χ0n) is 108. The van der Waals surface area contributed by atoms with Crippen molar-refractivity contribution in [1.82, 2.24) is 0 Å². The summed E-state index contributed by atoms with van der Waals surface area (Å²) in [6.07, 6.45) is -5.27. The van der Waals surface area contributed by atoms with E-state index < -0.39 is 105 Å². The van der Waals surface area contributed by atoms with Crippen LogP contribution in [0.2, 0.25) is 0 Å². The van der Waals surface area contributed by atoms with Crippen LogP contribution in [0.4, 0.5) is 0 Å². The zero-order chi connectivity index (χ0) is 114. The minimum absolute atomic E-state index is 0.0150. The highest BCUT2D eigenvalue weighted by atomic mass is 14.4. The van der Waals surface area contributed by atoms with Crippen molar-refractivity contribution in [1.29, 1.82) is 0 Å². The predicted molar refractivity (Wildman–Crippen MR) is 529 cm³/mol. The highest BCUT2D eigenvalue weighted by Gasteiger charge is 2.31. The average molecular weight is 1610 g/mol. The van der Waals surface area contributed by atoms with Gasteiger partial charge in [-0.3, -0.25) is 0 Å². The van der Waals surface area contributed by atoms with Gasteiger partial charge in [-0.15, -0.1) is 0 Å². The second kappa shape index (κ2) is 46.0. The molecule has 648 valence electrons. The van der Waals surface area contributed by atoms with Gasteiger partial charge in [0.1, 0.15) is 0 Å². The van der Waals surface area contributed by atoms with E-state index >= 15 is 0 Å². The second-order valence-corrected chi connectivity index (χ2v) is 42.0. The Kier molecular flexibility index (Phi) is 27.5. The van der Waals surface area contributed by atoms with E-state index in [1.54, 1.807) is 39.0 Å². The fraction of sp³-hybridized carbons (Fsp3) is 0.586. The third-order valence-corrected chi connectivity index (χ3v) is 20.0. The lowest BCUT2D eigenvalue weighted by Crippen LogP contribution is -2.24. The van der Waals surface area contributed by atoms with Gasteiger partial charge in [0.15, 0.2) is 0 Å². The maximum absolute atomic E-state index is 8.83. The van der Waals surface area contributed by atoms with Crippen molar-refractivity contribution in [3.63, 3.8) is 0 Å². The van der Waals surface area contributed by atoms with Crippen LogP contribution >= 0.6 is 0 Å². The van der Waals surface area contributed by atoms with Gasteiger partial charge in [0.05, 0.1) is 0 Å². The molecular weight excluding hydrogens is 1390 g/mol. The fourth-order valence-corrected chi connectivity index (χ4v) is 14.7. The molecule has 8 rings (SSSR count). The van der Waals surface area contributed by atoms with Gasteiger partial charge in [0.2, 0.25) is 0 Å². The lowest BCUT2D eigenvalue weighted by Gasteiger charge is -2.33. The normalized spacial score (nSPS) is 18.1. The van der Waals surface area contributed by atoms with Crippen molar-refractivity contribution in [2.75, 3.05) is 0 Å². The van der Waals surface area contributed by atoms with E-state index in [4.69, 9.17) is 37.0 Å². The summed E-state index contributed by atoms with van der Waals surface area (Å²) in [6, 6.07) is 53.4. The number of aryl methyl sites for hydroxylation is 3. The molecule has 0 amide bonds. The quantitative estimate of drug-likeness (QED) is 0.114. The fourth-order valence-electron chi connectivity index (χ4n) is 14.7. The molecule has 0 aliphatic heterocycles. The molecule has 0 heteroatoms. The monoisotopic (exact) mass is 1600 g/mol. The molecule has 0 spiro atoms. The van der Waals surface area contributed by atoms with Crippen LogP contribution in [-0.2, 0) is 61.5 Å². The lowest BCUT2D eigenvalue weighted by molar-refractivity contribution is 0.503. The van der Waals surface area contributed by atoms with Crippen LogP contribution in [0.5, 0.6) is 0 Å². The molecule has 0 nitrogen and oxygen atoms in total. The van der Waals surface area contributed by atoms with E-state index in [0.29, 0.717) is 5.56 Å². The summed E-state index contributed by atoms with van der Waals surface area (Å²) in [5.74, 6) is -10.4. The molecule has 116 heavy (non-hydrogen) atoms. The van der Waals surface area contributed by atoms with Crippen LogP contribution in [0.3, 0.4) is 0 Å². The molecular formula is C116H184. The molecule has 0 saturated heterocycles. The Balaban J connectivity index is 0.000000832. The van der Waals surface area contributed by atoms with Crippen LogP contribution in [-0.4, -0.2) is 0 Å². The first-order chi connectivity index (χ1) is 63.0. The predicted octanol–water partition coefficient (Wildman–Crippen LogP) is 36.3. The first-order valence-electron chi connectivity index (χ1n) is 55.9. The number of rotatable bonds is 12. The third-order valence-electron chi connectivity index (χ3n) is 20.0. The molecule has 0 radical (unpaired) electrons. The number of hydrogen-bond donors (Lipinski definition) is 0. The molecule has 0 heterocycles. The molecule has 0 aromatic heterocycles. The Bertz CT molecular complexity index is 5140. The van der Waals surface area contributed by atoms with Crippen molar-refractivity contribution in [3.05, 3.63) is 281 Å². The zero-order valence-corrected chi connectivity index (χ0v) is 81.4. The average Bonchev–Trinajstić information content (AvgIpc) is 0.702. The standard InChI is InChI=1S/C19H32.2C17H28.C14H22.2C13H20.C12H18.C11H16/c1-13(2)12-16-10-9-11-17(15(5)14(3)4)18(16)19(6,7)8;1-12(2)13-10-9-11-14(16(3,4)5)15(13)17(6,7)8;1-8-13(4)15-11-9-10-14(12(2)3)16(15)17(5,6)7;1-11(2)10-12-8-6-7-9-13(12)14(3,4)5;2*1-10(2)11-8-6-7-9-12(11)13(3,4)5;1-9-7-6-8-10(2)11(9)12(3,4)5;1-9-7-5-6-8-10(9)11(2,3)4/h9-11,13-15H,12H2,1-8H3;9-12H,1-8H3;9-13H,8H2,1-7H3;6-9,11H,10H2,1-5H3;2*6-10H,1-5H3;6-8H,1-5H3;5-8H,1-4H3/i12D2,15D;12D;2D3,3D3,4D3,8D2,12D,13D;10D2;1D3,2D3,10D;10D;;. The van der Waals surface area contributed by atoms with Crippen LogP contribution in [0.15, 0.2) is 170 Å². The van der Waals surface area contributed by atoms with E-state index in [-0.39, 0.29) is 72.3 Å². The summed E-state index contributed by atoms with van der Waals surface area (Å²) in [5.41, 5.74) is 16.8. The summed E-state index contributed by atoms with van der Waals surface area (Å²) in [4.78, 5) is 0. The molecule has 0 aliphatic carbocycles. The van der Waals surface area contributed by atoms with Crippen LogP contribution in [0, 0.1) is 38.5 Å². The van der Waals surface area contributed by atoms with Gasteiger partial charge >= 0.3 is 0 Å². The van der Waals surface area contributed by atoms with Gasteiger partial charge in [0, 0.05) is 37.0 Å². The highest BCUT2D eigenvalue weighted by molar-refractivity contribution is 5.48. The topological polar surface area (TPSA) is 0 Å². The number of benzene rings is 8. The van der Waals surface area contributed by atoms with Crippen molar-refractivity contribution in [2.24, 2.45) is 17.8 Å². The van der Waals surface area contributed by atoms with Crippen molar-refractivity contribution in [3.8, 4) is 0 Å². The SMILES string of the molecule is Cc1cccc(C)c1C(C)(C)C.Cc1ccccc1C(C)(C)C.[2H]C(C)(C)c1cccc(C(C)(C)C)c1C(C)(C)C.[2H]C(C)(C)c1ccccc1C(C)(C)C.[2H]C([2H])([2H])C([2H])(c1cccc(C([2H])(C([2H])([2H])[2H])C([2H])([2H])C)c1C(C)(C)C)C([2H])([2H])[2H].[2H]C([2H])([2H])C([2H])(c1ccccc1C(C)(C)C)C([2H])([2H])[2H].[2H]C([2H])(c1cccc(C([2H])(C)C(C)C)c1C(C)(C)C)C(C)C.[2H]C([2H])(c1ccccc1C(C)(C)C)C(C)C. The molecule has 0 aliphatic rings. The van der Waals surface area contributed by atoms with Gasteiger partial charge in [-0.1, -0.05) is 474 Å². The van der Waals surface area contributed by atoms with E-state index in [0.717, 1.165) is 51.9 Å². The van der Waals surface area contributed by atoms with Crippen molar-refractivity contribution >= 4 is 0 Å². The maximum atomic E-state index is 8.83. The molecule has 0 fully saturated rings. The first-order valence-corrected chi connectivity index (χ1v) is 42.4. The summed E-state index contributed by atoms with van der Waals surface area (Å²) in [7, 11) is 0. The highest BCUT2D eigenvalue weighted by Crippen LogP contribution is 2.42. The molecule has 8 aromatic rings. The van der Waals surface area contributed by atoms with Crippen LogP contribution in [0.25, 0.3) is 0 Å². The van der Waals surface area contributed by atoms with Gasteiger partial charge in [-0.05, 0) is 253 Å². The minimum atomic E-state index is -3.31. The maximum Gasteiger partial charge on any atom is 0.0352 e. The number of hydrogen-bond acceptors (Lipinski definition) is 0. The Morgan fingerprint density at radius 1 is 0.259 bits per heavy atom. The van der Waals surface area contributed by atoms with Crippen molar-refractivity contribution in [2.45, 2.75) is 428 Å². The molecule has 2 atom stereocenters. The van der Waals surface area contributed by atoms with E-state index in [9.17, 15) is 0 Å². The summed E-state index contributed by atoms with van der Waals surface area (Å²) >= 11 is 0. The van der Waals surface area contributed by atoms with Gasteiger partial charge in [-0.2, -0.15) is 0 Å². The molecule has 2 unspecified atom stereocenters. The third kappa shape index (κ3) is 35.6. The minimum Gasteiger partial charge on any atom is -0.0648 e. The Morgan fingerprint density at radius 3 is 0.897 bits per heavy atom. The van der Waals surface area contributed by atoms with Gasteiger partial charge in [-0.25, -0.2) is 0 Å². The largest absolute Gasteiger partial charge is 0.0648 e. The van der Waals surface area contributed by atoms with Gasteiger partial charge < -0.3 is 0 Å². The van der Waals surface area contributed by atoms with Crippen LogP contribution < -0.4 is 0 Å². The first kappa shape index (κ1) is 69.4. The van der Waals surface area contributed by atoms with Crippen LogP contribution in [0.1, 0.15) is 494 Å². The summed E-state index contributed by atoms with van der Waals surface area (Å²) in [6.45, 7) is 70.0.